The van der Waals surface area contributed by atoms with E-state index in [1.165, 1.54) is 12.0 Å². The first-order chi connectivity index (χ1) is 5.77. The van der Waals surface area contributed by atoms with Crippen LogP contribution in [0.1, 0.15) is 18.0 Å². The highest BCUT2D eigenvalue weighted by Crippen LogP contribution is 2.31. The lowest BCUT2D eigenvalue weighted by Gasteiger charge is -2.28. The van der Waals surface area contributed by atoms with E-state index in [1.807, 2.05) is 18.2 Å². The van der Waals surface area contributed by atoms with Crippen molar-refractivity contribution in [3.8, 4) is 0 Å². The number of hydrogen-bond donors (Lipinski definition) is 1. The van der Waals surface area contributed by atoms with Gasteiger partial charge in [0.15, 0.2) is 0 Å². The largest absolute Gasteiger partial charge is 0.310 e. The third-order valence-electron chi connectivity index (χ3n) is 2.16. The Hall–Kier alpha value is 0.240. The Morgan fingerprint density at radius 2 is 2.15 bits per heavy atom. The Morgan fingerprint density at radius 1 is 1.46 bits per heavy atom. The zero-order valence-electron chi connectivity index (χ0n) is 6.89. The van der Waals surface area contributed by atoms with Gasteiger partial charge in [0.05, 0.1) is 0 Å². The van der Waals surface area contributed by atoms with E-state index in [4.69, 9.17) is 11.6 Å². The van der Waals surface area contributed by atoms with Crippen molar-refractivity contribution < 1.29 is 0 Å². The van der Waals surface area contributed by atoms with E-state index in [-0.39, 0.29) is 12.4 Å². The van der Waals surface area contributed by atoms with Crippen molar-refractivity contribution in [1.29, 1.82) is 0 Å². The Morgan fingerprint density at radius 3 is 2.69 bits per heavy atom. The van der Waals surface area contributed by atoms with Crippen LogP contribution in [0, 0.1) is 0 Å². The van der Waals surface area contributed by atoms with Gasteiger partial charge in [0.25, 0.3) is 0 Å². The van der Waals surface area contributed by atoms with Crippen LogP contribution in [0.2, 0.25) is 5.02 Å². The first kappa shape index (κ1) is 11.3. The van der Waals surface area contributed by atoms with Gasteiger partial charge < -0.3 is 5.32 Å². The molecule has 4 heteroatoms. The number of rotatable bonds is 1. The minimum Gasteiger partial charge on any atom is -0.310 e. The molecule has 1 nitrogen and oxygen atoms in total. The van der Waals surface area contributed by atoms with Gasteiger partial charge in [-0.3, -0.25) is 0 Å². The maximum absolute atomic E-state index is 5.89. The van der Waals surface area contributed by atoms with E-state index >= 15 is 0 Å². The highest BCUT2D eigenvalue weighted by molar-refractivity contribution is 9.10. The van der Waals surface area contributed by atoms with E-state index < -0.39 is 0 Å². The topological polar surface area (TPSA) is 12.0 Å². The highest BCUT2D eigenvalue weighted by atomic mass is 79.9. The van der Waals surface area contributed by atoms with Crippen LogP contribution in [0.25, 0.3) is 0 Å². The molecule has 1 fully saturated rings. The summed E-state index contributed by atoms with van der Waals surface area (Å²) in [7, 11) is 0. The molecule has 1 heterocycles. The van der Waals surface area contributed by atoms with Gasteiger partial charge in [0.1, 0.15) is 0 Å². The summed E-state index contributed by atoms with van der Waals surface area (Å²) in [5.41, 5.74) is 1.27. The average Bonchev–Trinajstić information content (AvgIpc) is 1.93. The summed E-state index contributed by atoms with van der Waals surface area (Å²) in [5.74, 6) is 0. The van der Waals surface area contributed by atoms with Gasteiger partial charge in [-0.25, -0.2) is 0 Å². The molecule has 0 aliphatic carbocycles. The summed E-state index contributed by atoms with van der Waals surface area (Å²) >= 11 is 9.40. The van der Waals surface area contributed by atoms with E-state index in [2.05, 4.69) is 21.2 Å². The molecule has 1 aromatic rings. The summed E-state index contributed by atoms with van der Waals surface area (Å²) in [6.45, 7) is 1.11. The number of halogens is 3. The Kier molecular flexibility index (Phi) is 4.05. The molecule has 13 heavy (non-hydrogen) atoms. The second kappa shape index (κ2) is 4.65. The normalized spacial score (nSPS) is 20.3. The number of hydrogen-bond acceptors (Lipinski definition) is 1. The number of nitrogens with one attached hydrogen (secondary N) is 1. The first-order valence-corrected chi connectivity index (χ1v) is 5.13. The molecule has 0 aromatic heterocycles. The van der Waals surface area contributed by atoms with Crippen LogP contribution >= 0.6 is 39.9 Å². The quantitative estimate of drug-likeness (QED) is 0.831. The molecule has 1 aromatic carbocycles. The Labute approximate surface area is 97.4 Å². The van der Waals surface area contributed by atoms with Crippen molar-refractivity contribution in [2.45, 2.75) is 12.5 Å². The van der Waals surface area contributed by atoms with Crippen molar-refractivity contribution >= 4 is 39.9 Å². The summed E-state index contributed by atoms with van der Waals surface area (Å²) in [6, 6.07) is 6.41. The summed E-state index contributed by atoms with van der Waals surface area (Å²) in [4.78, 5) is 0. The third kappa shape index (κ3) is 2.38. The summed E-state index contributed by atoms with van der Waals surface area (Å²) < 4.78 is 1.14. The van der Waals surface area contributed by atoms with Gasteiger partial charge in [0.2, 0.25) is 0 Å². The monoisotopic (exact) mass is 281 g/mol. The van der Waals surface area contributed by atoms with Crippen molar-refractivity contribution in [1.82, 2.24) is 5.32 Å². The van der Waals surface area contributed by atoms with Crippen molar-refractivity contribution in [3.05, 3.63) is 33.3 Å². The molecule has 0 unspecified atom stereocenters. The van der Waals surface area contributed by atoms with Gasteiger partial charge in [-0.2, -0.15) is 0 Å². The van der Waals surface area contributed by atoms with Crippen LogP contribution in [0.15, 0.2) is 22.7 Å². The molecule has 0 bridgehead atoms. The van der Waals surface area contributed by atoms with Crippen LogP contribution in [-0.4, -0.2) is 6.54 Å². The lowest BCUT2D eigenvalue weighted by atomic mass is 9.98. The molecule has 2 rings (SSSR count). The molecule has 72 valence electrons. The number of benzene rings is 1. The predicted molar refractivity (Wildman–Crippen MR) is 61.8 cm³/mol. The van der Waals surface area contributed by atoms with Gasteiger partial charge in [-0.15, -0.1) is 12.4 Å². The molecule has 0 spiro atoms. The summed E-state index contributed by atoms with van der Waals surface area (Å²) in [5, 5.41) is 4.15. The van der Waals surface area contributed by atoms with E-state index in [0.29, 0.717) is 6.04 Å². The maximum atomic E-state index is 5.89. The van der Waals surface area contributed by atoms with Crippen molar-refractivity contribution in [3.63, 3.8) is 0 Å². The maximum Gasteiger partial charge on any atom is 0.0410 e. The fourth-order valence-electron chi connectivity index (χ4n) is 1.34. The second-order valence-corrected chi connectivity index (χ2v) is 4.25. The minimum absolute atomic E-state index is 0. The van der Waals surface area contributed by atoms with Crippen LogP contribution in [0.4, 0.5) is 0 Å². The molecule has 0 radical (unpaired) electrons. The standard InChI is InChI=1S/C9H9BrClN.ClH/c10-8-2-1-6(11)5-7(8)9-3-4-12-9;/h1-2,5,9,12H,3-4H2;1H/t9-;/m0./s1. The van der Waals surface area contributed by atoms with Crippen LogP contribution in [0.3, 0.4) is 0 Å². The molecular weight excluding hydrogens is 273 g/mol. The van der Waals surface area contributed by atoms with Crippen LogP contribution < -0.4 is 5.32 Å². The fourth-order valence-corrected chi connectivity index (χ4v) is 2.04. The van der Waals surface area contributed by atoms with E-state index in [0.717, 1.165) is 16.0 Å². The molecule has 0 saturated carbocycles. The Balaban J connectivity index is 0.000000845. The lowest BCUT2D eigenvalue weighted by Crippen LogP contribution is -2.35. The Bertz CT molecular complexity index is 300. The van der Waals surface area contributed by atoms with E-state index in [1.54, 1.807) is 0 Å². The lowest BCUT2D eigenvalue weighted by molar-refractivity contribution is 0.382. The molecule has 1 N–H and O–H groups in total. The predicted octanol–water partition coefficient (Wildman–Crippen LogP) is 3.56. The van der Waals surface area contributed by atoms with E-state index in [9.17, 15) is 0 Å². The molecule has 0 amide bonds. The van der Waals surface area contributed by atoms with Crippen molar-refractivity contribution in [2.24, 2.45) is 0 Å². The van der Waals surface area contributed by atoms with Crippen LogP contribution in [-0.2, 0) is 0 Å². The highest BCUT2D eigenvalue weighted by Gasteiger charge is 2.20. The van der Waals surface area contributed by atoms with Gasteiger partial charge in [-0.05, 0) is 36.7 Å². The molecule has 1 atom stereocenters. The molecule has 1 saturated heterocycles. The van der Waals surface area contributed by atoms with Crippen molar-refractivity contribution in [2.75, 3.05) is 6.54 Å². The van der Waals surface area contributed by atoms with Crippen LogP contribution in [0.5, 0.6) is 0 Å². The van der Waals surface area contributed by atoms with Gasteiger partial charge in [0, 0.05) is 15.5 Å². The van der Waals surface area contributed by atoms with Gasteiger partial charge in [-0.1, -0.05) is 27.5 Å². The zero-order valence-corrected chi connectivity index (χ0v) is 10.0. The first-order valence-electron chi connectivity index (χ1n) is 3.96. The zero-order chi connectivity index (χ0) is 8.55. The molecule has 1 aliphatic rings. The fraction of sp³-hybridized carbons (Fsp3) is 0.333. The molecule has 1 aliphatic heterocycles. The SMILES string of the molecule is Cl.Clc1ccc(Br)c([C@@H]2CCN2)c1. The minimum atomic E-state index is 0. The smallest absolute Gasteiger partial charge is 0.0410 e. The average molecular weight is 283 g/mol. The molecular formula is C9H10BrCl2N. The third-order valence-corrected chi connectivity index (χ3v) is 3.11. The second-order valence-electron chi connectivity index (χ2n) is 2.96. The van der Waals surface area contributed by atoms with Gasteiger partial charge >= 0.3 is 0 Å². The summed E-state index contributed by atoms with van der Waals surface area (Å²) in [6.07, 6.45) is 1.21.